The highest BCUT2D eigenvalue weighted by atomic mass is 32.2. The van der Waals surface area contributed by atoms with Gasteiger partial charge < -0.3 is 5.11 Å². The molecule has 1 aliphatic rings. The molecule has 0 aromatic carbocycles. The van der Waals surface area contributed by atoms with Gasteiger partial charge in [0.05, 0.1) is 11.4 Å². The van der Waals surface area contributed by atoms with Crippen LogP contribution in [0.25, 0.3) is 0 Å². The fourth-order valence-corrected chi connectivity index (χ4v) is 3.64. The molecule has 5 heteroatoms. The monoisotopic (exact) mass is 253 g/mol. The van der Waals surface area contributed by atoms with E-state index in [1.807, 2.05) is 0 Å². The first kappa shape index (κ1) is 12.2. The molecule has 4 nitrogen and oxygen atoms in total. The number of hydrogen-bond donors (Lipinski definition) is 1. The summed E-state index contributed by atoms with van der Waals surface area (Å²) < 4.78 is 12.0. The lowest BCUT2D eigenvalue weighted by atomic mass is 10.3. The average Bonchev–Trinajstić information content (AvgIpc) is 2.82. The zero-order valence-corrected chi connectivity index (χ0v) is 10.3. The van der Waals surface area contributed by atoms with E-state index in [2.05, 4.69) is 4.98 Å². The number of rotatable bonds is 4. The molecule has 2 rings (SSSR count). The van der Waals surface area contributed by atoms with Gasteiger partial charge in [-0.1, -0.05) is 18.9 Å². The highest BCUT2D eigenvalue weighted by Gasteiger charge is 2.21. The van der Waals surface area contributed by atoms with E-state index in [1.165, 1.54) is 6.07 Å². The Bertz CT molecular complexity index is 441. The second-order valence-corrected chi connectivity index (χ2v) is 5.97. The van der Waals surface area contributed by atoms with E-state index < -0.39 is 16.8 Å². The Morgan fingerprint density at radius 1 is 1.41 bits per heavy atom. The van der Waals surface area contributed by atoms with E-state index in [9.17, 15) is 9.00 Å². The van der Waals surface area contributed by atoms with Gasteiger partial charge in [0.25, 0.3) is 0 Å². The molecule has 1 N–H and O–H groups in total. The summed E-state index contributed by atoms with van der Waals surface area (Å²) in [5, 5.41) is 9.09. The Kier molecular flexibility index (Phi) is 3.89. The third-order valence-corrected chi connectivity index (χ3v) is 4.79. The van der Waals surface area contributed by atoms with Crippen molar-refractivity contribution in [1.82, 2.24) is 4.98 Å². The van der Waals surface area contributed by atoms with Crippen molar-refractivity contribution in [3.8, 4) is 0 Å². The van der Waals surface area contributed by atoms with Crippen LogP contribution in [0.3, 0.4) is 0 Å². The molecule has 1 aromatic rings. The Hall–Kier alpha value is -1.23. The van der Waals surface area contributed by atoms with Crippen LogP contribution in [-0.2, 0) is 16.6 Å². The minimum absolute atomic E-state index is 0.0194. The van der Waals surface area contributed by atoms with E-state index >= 15 is 0 Å². The number of aromatic carboxylic acids is 1. The van der Waals surface area contributed by atoms with Crippen LogP contribution in [0, 0.1) is 0 Å². The van der Waals surface area contributed by atoms with Gasteiger partial charge in [-0.3, -0.25) is 4.21 Å². The van der Waals surface area contributed by atoms with E-state index in [1.54, 1.807) is 12.1 Å². The first-order chi connectivity index (χ1) is 8.16. The van der Waals surface area contributed by atoms with Crippen LogP contribution in [0.15, 0.2) is 18.2 Å². The molecule has 0 amide bonds. The first-order valence-electron chi connectivity index (χ1n) is 5.73. The van der Waals surface area contributed by atoms with Crippen molar-refractivity contribution < 1.29 is 14.1 Å². The highest BCUT2D eigenvalue weighted by molar-refractivity contribution is 7.84. The smallest absolute Gasteiger partial charge is 0.354 e. The topological polar surface area (TPSA) is 67.3 Å². The largest absolute Gasteiger partial charge is 0.477 e. The summed E-state index contributed by atoms with van der Waals surface area (Å²) in [5.41, 5.74) is 0.626. The molecule has 92 valence electrons. The molecule has 1 atom stereocenters. The molecule has 1 saturated carbocycles. The minimum atomic E-state index is -1.04. The van der Waals surface area contributed by atoms with Crippen LogP contribution >= 0.6 is 0 Å². The third kappa shape index (κ3) is 3.12. The molecule has 0 spiro atoms. The van der Waals surface area contributed by atoms with E-state index in [-0.39, 0.29) is 10.9 Å². The number of carbonyl (C=O) groups is 1. The maximum Gasteiger partial charge on any atom is 0.354 e. The Labute approximate surface area is 103 Å². The lowest BCUT2D eigenvalue weighted by Crippen LogP contribution is -2.13. The van der Waals surface area contributed by atoms with Gasteiger partial charge in [0.15, 0.2) is 0 Å². The van der Waals surface area contributed by atoms with Crippen molar-refractivity contribution in [1.29, 1.82) is 0 Å². The van der Waals surface area contributed by atoms with Crippen molar-refractivity contribution in [3.05, 3.63) is 29.6 Å². The second-order valence-electron chi connectivity index (χ2n) is 4.25. The van der Waals surface area contributed by atoms with Crippen molar-refractivity contribution in [2.24, 2.45) is 0 Å². The van der Waals surface area contributed by atoms with Crippen LogP contribution < -0.4 is 0 Å². The summed E-state index contributed by atoms with van der Waals surface area (Å²) in [7, 11) is -0.923. The predicted molar refractivity (Wildman–Crippen MR) is 65.3 cm³/mol. The summed E-state index contributed by atoms with van der Waals surface area (Å²) in [6.45, 7) is 0. The van der Waals surface area contributed by atoms with Crippen molar-refractivity contribution in [2.45, 2.75) is 36.7 Å². The summed E-state index contributed by atoms with van der Waals surface area (Å²) in [5.74, 6) is -0.676. The molecule has 1 aromatic heterocycles. The maximum atomic E-state index is 12.0. The molecule has 1 heterocycles. The molecule has 0 saturated heterocycles. The van der Waals surface area contributed by atoms with Gasteiger partial charge in [-0.2, -0.15) is 0 Å². The molecule has 0 radical (unpaired) electrons. The Morgan fingerprint density at radius 2 is 2.12 bits per heavy atom. The number of hydrogen-bond acceptors (Lipinski definition) is 3. The lowest BCUT2D eigenvalue weighted by molar-refractivity contribution is 0.0690. The van der Waals surface area contributed by atoms with E-state index in [0.717, 1.165) is 25.7 Å². The van der Waals surface area contributed by atoms with Crippen LogP contribution in [-0.4, -0.2) is 25.5 Å². The summed E-state index contributed by atoms with van der Waals surface area (Å²) in [6.07, 6.45) is 4.34. The van der Waals surface area contributed by atoms with Crippen LogP contribution in [0.2, 0.25) is 0 Å². The SMILES string of the molecule is O=C(O)c1cccc(CS(=O)C2CCCC2)n1. The zero-order valence-electron chi connectivity index (χ0n) is 9.46. The Morgan fingerprint density at radius 3 is 2.76 bits per heavy atom. The Balaban J connectivity index is 2.05. The number of nitrogens with zero attached hydrogens (tertiary/aromatic N) is 1. The van der Waals surface area contributed by atoms with Gasteiger partial charge in [-0.05, 0) is 25.0 Å². The van der Waals surface area contributed by atoms with Gasteiger partial charge in [-0.15, -0.1) is 0 Å². The van der Waals surface area contributed by atoms with Gasteiger partial charge in [0.2, 0.25) is 0 Å². The van der Waals surface area contributed by atoms with E-state index in [0.29, 0.717) is 11.4 Å². The van der Waals surface area contributed by atoms with Crippen molar-refractivity contribution in [2.75, 3.05) is 0 Å². The zero-order chi connectivity index (χ0) is 12.3. The molecule has 1 unspecified atom stereocenters. The lowest BCUT2D eigenvalue weighted by Gasteiger charge is -2.08. The van der Waals surface area contributed by atoms with Gasteiger partial charge >= 0.3 is 5.97 Å². The summed E-state index contributed by atoms with van der Waals surface area (Å²) in [6, 6.07) is 4.83. The number of aromatic nitrogens is 1. The molecule has 1 fully saturated rings. The number of carboxylic acid groups (broad SMARTS) is 1. The fraction of sp³-hybridized carbons (Fsp3) is 0.500. The van der Waals surface area contributed by atoms with Gasteiger partial charge in [0.1, 0.15) is 5.69 Å². The standard InChI is InChI=1S/C12H15NO3S/c14-12(15)11-7-3-4-9(13-11)8-17(16)10-5-1-2-6-10/h3-4,7,10H,1-2,5-6,8H2,(H,14,15). The molecule has 1 aliphatic carbocycles. The molecule has 0 aliphatic heterocycles. The number of carboxylic acids is 1. The molecular weight excluding hydrogens is 238 g/mol. The molecule has 0 bridgehead atoms. The van der Waals surface area contributed by atoms with Gasteiger partial charge in [-0.25, -0.2) is 9.78 Å². The van der Waals surface area contributed by atoms with Crippen LogP contribution in [0.4, 0.5) is 0 Å². The normalized spacial score (nSPS) is 18.1. The third-order valence-electron chi connectivity index (χ3n) is 2.99. The predicted octanol–water partition coefficient (Wildman–Crippen LogP) is 1.97. The molecular formula is C12H15NO3S. The van der Waals surface area contributed by atoms with Crippen molar-refractivity contribution >= 4 is 16.8 Å². The average molecular weight is 253 g/mol. The highest BCUT2D eigenvalue weighted by Crippen LogP contribution is 2.24. The summed E-state index contributed by atoms with van der Waals surface area (Å²) >= 11 is 0. The maximum absolute atomic E-state index is 12.0. The summed E-state index contributed by atoms with van der Waals surface area (Å²) in [4.78, 5) is 14.7. The first-order valence-corrected chi connectivity index (χ1v) is 7.11. The minimum Gasteiger partial charge on any atom is -0.477 e. The quantitative estimate of drug-likeness (QED) is 0.890. The van der Waals surface area contributed by atoms with Crippen molar-refractivity contribution in [3.63, 3.8) is 0 Å². The van der Waals surface area contributed by atoms with Crippen LogP contribution in [0.5, 0.6) is 0 Å². The second kappa shape index (κ2) is 5.40. The van der Waals surface area contributed by atoms with Crippen LogP contribution in [0.1, 0.15) is 41.9 Å². The number of pyridine rings is 1. The fourth-order valence-electron chi connectivity index (χ4n) is 2.09. The van der Waals surface area contributed by atoms with E-state index in [4.69, 9.17) is 5.11 Å². The molecule has 17 heavy (non-hydrogen) atoms. The van der Waals surface area contributed by atoms with Gasteiger partial charge in [0, 0.05) is 16.0 Å².